The van der Waals surface area contributed by atoms with E-state index in [1.54, 1.807) is 6.20 Å². The smallest absolute Gasteiger partial charge is 0.321 e. The van der Waals surface area contributed by atoms with Gasteiger partial charge in [0.1, 0.15) is 11.6 Å². The molecule has 2 aliphatic rings. The van der Waals surface area contributed by atoms with Gasteiger partial charge in [-0.15, -0.1) is 0 Å². The summed E-state index contributed by atoms with van der Waals surface area (Å²) in [4.78, 5) is 27.7. The Morgan fingerprint density at radius 2 is 1.76 bits per heavy atom. The summed E-state index contributed by atoms with van der Waals surface area (Å²) in [6.45, 7) is 10.1. The lowest BCUT2D eigenvalue weighted by molar-refractivity contribution is 0.122. The largest absolute Gasteiger partial charge is 0.378 e. The van der Waals surface area contributed by atoms with Crippen LogP contribution in [0.3, 0.4) is 0 Å². The molecule has 0 radical (unpaired) electrons. The maximum absolute atomic E-state index is 12.7. The molecule has 2 fully saturated rings. The molecular weight excluding hydrogens is 368 g/mol. The van der Waals surface area contributed by atoms with Crippen molar-refractivity contribution < 1.29 is 9.53 Å². The molecular formula is C21H28N6O2. The molecule has 8 nitrogen and oxygen atoms in total. The van der Waals surface area contributed by atoms with Crippen molar-refractivity contribution in [2.45, 2.75) is 13.8 Å². The SMILES string of the molecule is Cc1nccc(N2CCN(C(=O)Nc3ccc(N4CCOCC4)cc3C)CC2)n1. The Bertz CT molecular complexity index is 860. The Morgan fingerprint density at radius 1 is 1.00 bits per heavy atom. The fourth-order valence-corrected chi connectivity index (χ4v) is 3.76. The van der Waals surface area contributed by atoms with E-state index >= 15 is 0 Å². The van der Waals surface area contributed by atoms with Crippen LogP contribution in [0.4, 0.5) is 22.0 Å². The molecule has 1 N–H and O–H groups in total. The minimum Gasteiger partial charge on any atom is -0.378 e. The number of ether oxygens (including phenoxy) is 1. The number of piperazine rings is 1. The van der Waals surface area contributed by atoms with Crippen LogP contribution in [0.1, 0.15) is 11.4 Å². The van der Waals surface area contributed by atoms with Gasteiger partial charge in [0.05, 0.1) is 13.2 Å². The molecule has 29 heavy (non-hydrogen) atoms. The van der Waals surface area contributed by atoms with E-state index in [0.29, 0.717) is 13.1 Å². The fraction of sp³-hybridized carbons (Fsp3) is 0.476. The number of hydrogen-bond acceptors (Lipinski definition) is 6. The number of nitrogens with zero attached hydrogens (tertiary/aromatic N) is 5. The molecule has 3 heterocycles. The van der Waals surface area contributed by atoms with Crippen LogP contribution in [-0.2, 0) is 4.74 Å². The molecule has 2 aromatic rings. The number of benzene rings is 1. The first kappa shape index (κ1) is 19.4. The first-order valence-electron chi connectivity index (χ1n) is 10.1. The second-order valence-electron chi connectivity index (χ2n) is 7.46. The van der Waals surface area contributed by atoms with Crippen molar-refractivity contribution >= 4 is 23.2 Å². The molecule has 154 valence electrons. The van der Waals surface area contributed by atoms with Crippen LogP contribution in [0.2, 0.25) is 0 Å². The maximum atomic E-state index is 12.7. The molecule has 2 saturated heterocycles. The lowest BCUT2D eigenvalue weighted by Gasteiger charge is -2.35. The third-order valence-electron chi connectivity index (χ3n) is 5.48. The first-order valence-corrected chi connectivity index (χ1v) is 10.1. The molecule has 0 saturated carbocycles. The van der Waals surface area contributed by atoms with Crippen LogP contribution >= 0.6 is 0 Å². The van der Waals surface area contributed by atoms with Crippen LogP contribution in [0.25, 0.3) is 0 Å². The Kier molecular flexibility index (Phi) is 5.80. The zero-order valence-corrected chi connectivity index (χ0v) is 17.1. The van der Waals surface area contributed by atoms with Crippen molar-refractivity contribution in [3.63, 3.8) is 0 Å². The average Bonchev–Trinajstić information content (AvgIpc) is 2.76. The standard InChI is InChI=1S/C21H28N6O2/c1-16-15-18(25-11-13-29-14-12-25)3-4-19(16)24-21(28)27-9-7-26(8-10-27)20-5-6-22-17(2)23-20/h3-6,15H,7-14H2,1-2H3,(H,24,28). The van der Waals surface area contributed by atoms with Crippen molar-refractivity contribution in [2.75, 3.05) is 67.6 Å². The predicted molar refractivity (Wildman–Crippen MR) is 114 cm³/mol. The summed E-state index contributed by atoms with van der Waals surface area (Å²) in [7, 11) is 0. The van der Waals surface area contributed by atoms with E-state index in [-0.39, 0.29) is 6.03 Å². The monoisotopic (exact) mass is 396 g/mol. The third-order valence-corrected chi connectivity index (χ3v) is 5.48. The molecule has 2 aliphatic heterocycles. The topological polar surface area (TPSA) is 73.8 Å². The molecule has 8 heteroatoms. The quantitative estimate of drug-likeness (QED) is 0.858. The van der Waals surface area contributed by atoms with Gasteiger partial charge in [-0.1, -0.05) is 0 Å². The molecule has 1 aromatic carbocycles. The van der Waals surface area contributed by atoms with E-state index in [4.69, 9.17) is 4.74 Å². The second kappa shape index (κ2) is 8.65. The van der Waals surface area contributed by atoms with Gasteiger partial charge in [0.15, 0.2) is 0 Å². The van der Waals surface area contributed by atoms with Crippen molar-refractivity contribution in [2.24, 2.45) is 0 Å². The number of aryl methyl sites for hydroxylation is 2. The summed E-state index contributed by atoms with van der Waals surface area (Å²) < 4.78 is 5.42. The number of hydrogen-bond donors (Lipinski definition) is 1. The van der Waals surface area contributed by atoms with Crippen LogP contribution in [-0.4, -0.2) is 73.4 Å². The molecule has 0 unspecified atom stereocenters. The summed E-state index contributed by atoms with van der Waals surface area (Å²) in [5.41, 5.74) is 3.11. The van der Waals surface area contributed by atoms with E-state index in [0.717, 1.165) is 62.3 Å². The summed E-state index contributed by atoms with van der Waals surface area (Å²) >= 11 is 0. The third kappa shape index (κ3) is 4.59. The van der Waals surface area contributed by atoms with Crippen molar-refractivity contribution in [3.8, 4) is 0 Å². The van der Waals surface area contributed by atoms with Crippen LogP contribution in [0, 0.1) is 13.8 Å². The summed E-state index contributed by atoms with van der Waals surface area (Å²) in [6, 6.07) is 8.07. The van der Waals surface area contributed by atoms with Gasteiger partial charge in [-0.3, -0.25) is 0 Å². The van der Waals surface area contributed by atoms with Gasteiger partial charge in [-0.05, 0) is 43.7 Å². The van der Waals surface area contributed by atoms with Gasteiger partial charge in [-0.25, -0.2) is 14.8 Å². The zero-order valence-electron chi connectivity index (χ0n) is 17.1. The number of amides is 2. The van der Waals surface area contributed by atoms with Gasteiger partial charge in [0.25, 0.3) is 0 Å². The van der Waals surface area contributed by atoms with E-state index < -0.39 is 0 Å². The molecule has 2 amide bonds. The highest BCUT2D eigenvalue weighted by Crippen LogP contribution is 2.24. The predicted octanol–water partition coefficient (Wildman–Crippen LogP) is 2.28. The van der Waals surface area contributed by atoms with Crippen molar-refractivity contribution in [1.82, 2.24) is 14.9 Å². The summed E-state index contributed by atoms with van der Waals surface area (Å²) in [6.07, 6.45) is 1.78. The lowest BCUT2D eigenvalue weighted by Crippen LogP contribution is -2.50. The highest BCUT2D eigenvalue weighted by atomic mass is 16.5. The van der Waals surface area contributed by atoms with Crippen molar-refractivity contribution in [3.05, 3.63) is 41.9 Å². The number of urea groups is 1. The van der Waals surface area contributed by atoms with Gasteiger partial charge in [0, 0.05) is 56.8 Å². The molecule has 0 atom stereocenters. The molecule has 1 aromatic heterocycles. The Morgan fingerprint density at radius 3 is 2.45 bits per heavy atom. The minimum absolute atomic E-state index is 0.0502. The zero-order chi connectivity index (χ0) is 20.2. The molecule has 4 rings (SSSR count). The maximum Gasteiger partial charge on any atom is 0.321 e. The highest BCUT2D eigenvalue weighted by molar-refractivity contribution is 5.90. The molecule has 0 bridgehead atoms. The normalized spacial score (nSPS) is 17.4. The van der Waals surface area contributed by atoms with E-state index in [1.807, 2.05) is 30.9 Å². The number of carbonyl (C=O) groups is 1. The van der Waals surface area contributed by atoms with Crippen LogP contribution in [0.5, 0.6) is 0 Å². The average molecular weight is 396 g/mol. The minimum atomic E-state index is -0.0502. The lowest BCUT2D eigenvalue weighted by atomic mass is 10.1. The van der Waals surface area contributed by atoms with Crippen LogP contribution < -0.4 is 15.1 Å². The van der Waals surface area contributed by atoms with Gasteiger partial charge >= 0.3 is 6.03 Å². The first-order chi connectivity index (χ1) is 14.1. The number of nitrogens with one attached hydrogen (secondary N) is 1. The Labute approximate surface area is 171 Å². The van der Waals surface area contributed by atoms with E-state index in [1.165, 1.54) is 5.69 Å². The van der Waals surface area contributed by atoms with Gasteiger partial charge in [0.2, 0.25) is 0 Å². The van der Waals surface area contributed by atoms with Crippen molar-refractivity contribution in [1.29, 1.82) is 0 Å². The van der Waals surface area contributed by atoms with Gasteiger partial charge < -0.3 is 24.8 Å². The van der Waals surface area contributed by atoms with E-state index in [2.05, 4.69) is 37.2 Å². The second-order valence-corrected chi connectivity index (χ2v) is 7.46. The Balaban J connectivity index is 1.34. The highest BCUT2D eigenvalue weighted by Gasteiger charge is 2.22. The van der Waals surface area contributed by atoms with Crippen LogP contribution in [0.15, 0.2) is 30.5 Å². The summed E-state index contributed by atoms with van der Waals surface area (Å²) in [5.74, 6) is 1.69. The Hall–Kier alpha value is -2.87. The number of morpholine rings is 1. The molecule has 0 spiro atoms. The number of carbonyl (C=O) groups excluding carboxylic acids is 1. The summed E-state index contributed by atoms with van der Waals surface area (Å²) in [5, 5.41) is 3.07. The van der Waals surface area contributed by atoms with E-state index in [9.17, 15) is 4.79 Å². The number of rotatable bonds is 3. The molecule has 0 aliphatic carbocycles. The fourth-order valence-electron chi connectivity index (χ4n) is 3.76. The van der Waals surface area contributed by atoms with Gasteiger partial charge in [-0.2, -0.15) is 0 Å². The number of anilines is 3. The number of aromatic nitrogens is 2.